The average Bonchev–Trinajstić information content (AvgIpc) is 2.75. The van der Waals surface area contributed by atoms with Gasteiger partial charge in [-0.25, -0.2) is 10.1 Å². The molecule has 0 aromatic rings. The van der Waals surface area contributed by atoms with Crippen LogP contribution in [0.25, 0.3) is 0 Å². The second-order valence-electron chi connectivity index (χ2n) is 4.93. The van der Waals surface area contributed by atoms with Crippen molar-refractivity contribution in [2.45, 2.75) is 6.42 Å². The number of nitrogens with zero attached hydrogens (tertiary/aromatic N) is 5. The first-order valence-electron chi connectivity index (χ1n) is 6.01. The molecule has 102 valence electrons. The third-order valence-electron chi connectivity index (χ3n) is 3.16. The van der Waals surface area contributed by atoms with E-state index in [1.165, 1.54) is 0 Å². The summed E-state index contributed by atoms with van der Waals surface area (Å²) < 4.78 is 5.34. The van der Waals surface area contributed by atoms with Crippen LogP contribution in [0.15, 0.2) is 5.10 Å². The topological polar surface area (TPSA) is 74.5 Å². The van der Waals surface area contributed by atoms with E-state index in [4.69, 9.17) is 4.74 Å². The maximum Gasteiger partial charge on any atom is 0.275 e. The fourth-order valence-electron chi connectivity index (χ4n) is 2.46. The minimum absolute atomic E-state index is 0.432. The second-order valence-corrected chi connectivity index (χ2v) is 4.93. The van der Waals surface area contributed by atoms with Crippen LogP contribution in [0.5, 0.6) is 0 Å². The molecule has 0 N–H and O–H groups in total. The molecule has 1 unspecified atom stereocenters. The van der Waals surface area contributed by atoms with Crippen molar-refractivity contribution in [3.05, 3.63) is 10.1 Å². The van der Waals surface area contributed by atoms with Gasteiger partial charge in [0.1, 0.15) is 5.10 Å². The Morgan fingerprint density at radius 1 is 1.50 bits per heavy atom. The number of guanidine groups is 1. The number of hydrogen-bond donors (Lipinski definition) is 0. The average molecular weight is 257 g/mol. The highest BCUT2D eigenvalue weighted by molar-refractivity contribution is 5.79. The van der Waals surface area contributed by atoms with E-state index in [0.29, 0.717) is 25.2 Å². The molecule has 0 aliphatic carbocycles. The van der Waals surface area contributed by atoms with Gasteiger partial charge < -0.3 is 14.5 Å². The molecule has 0 spiro atoms. The summed E-state index contributed by atoms with van der Waals surface area (Å²) in [6, 6.07) is 0. The highest BCUT2D eigenvalue weighted by Crippen LogP contribution is 2.17. The smallest absolute Gasteiger partial charge is 0.275 e. The number of hydrazone groups is 1. The summed E-state index contributed by atoms with van der Waals surface area (Å²) in [4.78, 5) is 16.4. The fraction of sp³-hybridized carbons (Fsp3) is 0.900. The number of ether oxygens (including phenoxy) is 1. The van der Waals surface area contributed by atoms with Crippen LogP contribution in [0, 0.1) is 16.0 Å². The van der Waals surface area contributed by atoms with Crippen LogP contribution in [-0.2, 0) is 4.74 Å². The van der Waals surface area contributed by atoms with Crippen LogP contribution < -0.4 is 0 Å². The van der Waals surface area contributed by atoms with E-state index in [1.807, 2.05) is 19.0 Å². The van der Waals surface area contributed by atoms with E-state index in [-0.39, 0.29) is 0 Å². The monoisotopic (exact) mass is 257 g/mol. The quantitative estimate of drug-likeness (QED) is 0.509. The first-order valence-corrected chi connectivity index (χ1v) is 6.01. The van der Waals surface area contributed by atoms with E-state index >= 15 is 0 Å². The Morgan fingerprint density at radius 2 is 2.28 bits per heavy atom. The highest BCUT2D eigenvalue weighted by atomic mass is 16.7. The zero-order valence-electron chi connectivity index (χ0n) is 10.8. The van der Waals surface area contributed by atoms with E-state index in [0.717, 1.165) is 26.2 Å². The molecular formula is C10H19N5O3. The van der Waals surface area contributed by atoms with Crippen LogP contribution in [0.3, 0.4) is 0 Å². The lowest BCUT2D eigenvalue weighted by Gasteiger charge is -2.40. The number of nitro groups is 1. The van der Waals surface area contributed by atoms with Crippen molar-refractivity contribution in [1.82, 2.24) is 14.7 Å². The van der Waals surface area contributed by atoms with Gasteiger partial charge in [0.15, 0.2) is 5.03 Å². The predicted octanol–water partition coefficient (Wildman–Crippen LogP) is -0.335. The molecule has 1 atom stereocenters. The standard InChI is InChI=1S/C10H19N5O3/c1-12-7-13(2)10(11-15(16)17)14(8-12)5-9-3-4-18-6-9/h9H,3-8H2,1-2H3. The Bertz CT molecular complexity index is 342. The van der Waals surface area contributed by atoms with Gasteiger partial charge in [-0.05, 0) is 13.5 Å². The molecule has 0 aromatic heterocycles. The van der Waals surface area contributed by atoms with Crippen molar-refractivity contribution in [3.63, 3.8) is 0 Å². The van der Waals surface area contributed by atoms with Crippen LogP contribution in [0.4, 0.5) is 0 Å². The summed E-state index contributed by atoms with van der Waals surface area (Å²) in [6.45, 7) is 3.57. The molecular weight excluding hydrogens is 238 g/mol. The van der Waals surface area contributed by atoms with Gasteiger partial charge in [0.2, 0.25) is 0 Å². The summed E-state index contributed by atoms with van der Waals surface area (Å²) in [5.41, 5.74) is 0. The summed E-state index contributed by atoms with van der Waals surface area (Å²) in [7, 11) is 3.80. The van der Waals surface area contributed by atoms with Gasteiger partial charge in [0.25, 0.3) is 5.96 Å². The van der Waals surface area contributed by atoms with Gasteiger partial charge in [-0.2, -0.15) is 0 Å². The van der Waals surface area contributed by atoms with Gasteiger partial charge in [0, 0.05) is 26.1 Å². The number of hydrogen-bond acceptors (Lipinski definition) is 4. The zero-order chi connectivity index (χ0) is 13.1. The third kappa shape index (κ3) is 3.08. The summed E-state index contributed by atoms with van der Waals surface area (Å²) in [6.07, 6.45) is 1.01. The summed E-state index contributed by atoms with van der Waals surface area (Å²) in [5.74, 6) is 0.867. The van der Waals surface area contributed by atoms with E-state index in [9.17, 15) is 10.1 Å². The Hall–Kier alpha value is -1.41. The van der Waals surface area contributed by atoms with Crippen molar-refractivity contribution >= 4 is 5.96 Å². The zero-order valence-corrected chi connectivity index (χ0v) is 10.8. The van der Waals surface area contributed by atoms with E-state index in [1.54, 1.807) is 4.90 Å². The molecule has 0 bridgehead atoms. The van der Waals surface area contributed by atoms with Crippen LogP contribution in [0.2, 0.25) is 0 Å². The third-order valence-corrected chi connectivity index (χ3v) is 3.16. The SMILES string of the molecule is CN1CN(C)C(=N[N+](=O)[O-])N(CC2CCOC2)C1. The molecule has 2 fully saturated rings. The highest BCUT2D eigenvalue weighted by Gasteiger charge is 2.30. The Labute approximate surface area is 106 Å². The molecule has 2 aliphatic heterocycles. The molecule has 0 amide bonds. The van der Waals surface area contributed by atoms with Crippen molar-refractivity contribution in [1.29, 1.82) is 0 Å². The maximum atomic E-state index is 10.6. The summed E-state index contributed by atoms with van der Waals surface area (Å²) in [5, 5.41) is 13.5. The lowest BCUT2D eigenvalue weighted by atomic mass is 10.1. The van der Waals surface area contributed by atoms with Crippen LogP contribution in [0.1, 0.15) is 6.42 Å². The van der Waals surface area contributed by atoms with Gasteiger partial charge in [0.05, 0.1) is 19.9 Å². The molecule has 0 saturated carbocycles. The van der Waals surface area contributed by atoms with E-state index < -0.39 is 5.03 Å². The minimum Gasteiger partial charge on any atom is -0.381 e. The fourth-order valence-corrected chi connectivity index (χ4v) is 2.46. The van der Waals surface area contributed by atoms with Gasteiger partial charge in [-0.3, -0.25) is 4.90 Å². The van der Waals surface area contributed by atoms with Crippen LogP contribution >= 0.6 is 0 Å². The molecule has 8 heteroatoms. The minimum atomic E-state index is -0.630. The Kier molecular flexibility index (Phi) is 3.97. The first kappa shape index (κ1) is 13.0. The lowest BCUT2D eigenvalue weighted by Crippen LogP contribution is -2.57. The second kappa shape index (κ2) is 5.49. The van der Waals surface area contributed by atoms with Crippen molar-refractivity contribution in [2.24, 2.45) is 11.0 Å². The molecule has 0 radical (unpaired) electrons. The van der Waals surface area contributed by atoms with Gasteiger partial charge in [-0.15, -0.1) is 0 Å². The van der Waals surface area contributed by atoms with Crippen molar-refractivity contribution < 1.29 is 9.77 Å². The molecule has 2 saturated heterocycles. The molecule has 2 aliphatic rings. The molecule has 2 heterocycles. The van der Waals surface area contributed by atoms with Crippen molar-refractivity contribution in [3.8, 4) is 0 Å². The Balaban J connectivity index is 2.08. The first-order chi connectivity index (χ1) is 8.56. The Morgan fingerprint density at radius 3 is 2.89 bits per heavy atom. The lowest BCUT2D eigenvalue weighted by molar-refractivity contribution is -0.486. The molecule has 18 heavy (non-hydrogen) atoms. The van der Waals surface area contributed by atoms with Crippen LogP contribution in [-0.4, -0.2) is 72.9 Å². The number of rotatable bonds is 3. The molecule has 0 aromatic carbocycles. The van der Waals surface area contributed by atoms with Crippen molar-refractivity contribution in [2.75, 3.05) is 47.2 Å². The largest absolute Gasteiger partial charge is 0.381 e. The molecule has 8 nitrogen and oxygen atoms in total. The molecule has 2 rings (SSSR count). The van der Waals surface area contributed by atoms with Gasteiger partial charge >= 0.3 is 0 Å². The van der Waals surface area contributed by atoms with E-state index in [2.05, 4.69) is 10.0 Å². The van der Waals surface area contributed by atoms with Gasteiger partial charge in [-0.1, -0.05) is 0 Å². The summed E-state index contributed by atoms with van der Waals surface area (Å²) >= 11 is 0. The maximum absolute atomic E-state index is 10.6. The normalized spacial score (nSPS) is 28.1. The predicted molar refractivity (Wildman–Crippen MR) is 65.3 cm³/mol.